The van der Waals surface area contributed by atoms with Crippen molar-refractivity contribution in [1.82, 2.24) is 5.43 Å². The fourth-order valence-corrected chi connectivity index (χ4v) is 7.28. The maximum Gasteiger partial charge on any atom is 0.332 e. The number of ether oxygens (including phenoxy) is 1. The summed E-state index contributed by atoms with van der Waals surface area (Å²) in [6.07, 6.45) is 14.1. The third-order valence-corrected chi connectivity index (χ3v) is 8.87. The van der Waals surface area contributed by atoms with Crippen LogP contribution < -0.4 is 11.2 Å². The zero-order valence-electron chi connectivity index (χ0n) is 17.9. The Bertz CT molecular complexity index is 930. The lowest BCUT2D eigenvalue weighted by atomic mass is 9.46. The van der Waals surface area contributed by atoms with Gasteiger partial charge in [0.1, 0.15) is 6.61 Å². The molecule has 0 aromatic heterocycles. The molecule has 1 heterocycles. The molecule has 0 aromatic carbocycles. The highest BCUT2D eigenvalue weighted by molar-refractivity contribution is 5.87. The first-order valence-corrected chi connectivity index (χ1v) is 11.2. The van der Waals surface area contributed by atoms with Gasteiger partial charge in [-0.3, -0.25) is 0 Å². The molecule has 160 valence electrons. The largest absolute Gasteiger partial charge is 0.458 e. The summed E-state index contributed by atoms with van der Waals surface area (Å²) in [4.78, 5) is 22.6. The molecule has 0 unspecified atom stereocenters. The van der Waals surface area contributed by atoms with Crippen molar-refractivity contribution in [3.8, 4) is 0 Å². The lowest BCUT2D eigenvalue weighted by Crippen LogP contribution is -2.51. The van der Waals surface area contributed by atoms with E-state index in [0.717, 1.165) is 37.0 Å². The average molecular weight is 410 g/mol. The van der Waals surface area contributed by atoms with E-state index in [-0.39, 0.29) is 11.4 Å². The molecule has 5 rings (SSSR count). The van der Waals surface area contributed by atoms with Crippen LogP contribution in [0.5, 0.6) is 0 Å². The van der Waals surface area contributed by atoms with Crippen molar-refractivity contribution in [2.45, 2.75) is 58.8 Å². The molecule has 5 aliphatic rings. The Kier molecular flexibility index (Phi) is 4.46. The fraction of sp³-hybridized carbons (Fsp3) is 0.625. The van der Waals surface area contributed by atoms with Crippen molar-refractivity contribution in [2.24, 2.45) is 39.4 Å². The molecule has 30 heavy (non-hydrogen) atoms. The first kappa shape index (κ1) is 19.6. The summed E-state index contributed by atoms with van der Waals surface area (Å²) in [5.41, 5.74) is 13.0. The number of carbonyl (C=O) groups excluding carboxylic acids is 2. The Hall–Kier alpha value is -2.37. The zero-order valence-corrected chi connectivity index (χ0v) is 17.9. The Labute approximate surface area is 177 Å². The second-order valence-corrected chi connectivity index (χ2v) is 10.2. The molecule has 3 fully saturated rings. The Morgan fingerprint density at radius 3 is 2.80 bits per heavy atom. The van der Waals surface area contributed by atoms with E-state index in [1.807, 2.05) is 0 Å². The van der Waals surface area contributed by atoms with Gasteiger partial charge in [-0.2, -0.15) is 5.10 Å². The molecule has 0 spiro atoms. The third-order valence-electron chi connectivity index (χ3n) is 8.87. The first-order valence-electron chi connectivity index (χ1n) is 11.2. The van der Waals surface area contributed by atoms with Crippen LogP contribution in [0.25, 0.3) is 0 Å². The minimum absolute atomic E-state index is 0.0386. The quantitative estimate of drug-likeness (QED) is 0.533. The van der Waals surface area contributed by atoms with E-state index in [2.05, 4.69) is 36.5 Å². The topological polar surface area (TPSA) is 93.8 Å². The number of amides is 2. The molecule has 3 N–H and O–H groups in total. The predicted molar refractivity (Wildman–Crippen MR) is 114 cm³/mol. The number of nitrogens with two attached hydrogens (primary N) is 1. The van der Waals surface area contributed by atoms with Gasteiger partial charge < -0.3 is 10.5 Å². The molecule has 3 saturated carbocycles. The highest BCUT2D eigenvalue weighted by Gasteiger charge is 2.56. The van der Waals surface area contributed by atoms with Crippen molar-refractivity contribution >= 4 is 17.7 Å². The van der Waals surface area contributed by atoms with Gasteiger partial charge >= 0.3 is 12.0 Å². The molecular formula is C24H31N3O3. The van der Waals surface area contributed by atoms with Gasteiger partial charge in [-0.25, -0.2) is 15.0 Å². The van der Waals surface area contributed by atoms with Gasteiger partial charge in [-0.15, -0.1) is 0 Å². The Balaban J connectivity index is 1.36. The molecule has 4 aliphatic carbocycles. The first-order chi connectivity index (χ1) is 14.3. The lowest BCUT2D eigenvalue weighted by Gasteiger charge is -2.58. The van der Waals surface area contributed by atoms with E-state index in [4.69, 9.17) is 10.5 Å². The summed E-state index contributed by atoms with van der Waals surface area (Å²) in [5.74, 6) is 1.70. The number of esters is 1. The number of fused-ring (bicyclic) bond motifs is 5. The fourth-order valence-electron chi connectivity index (χ4n) is 7.28. The number of rotatable bonds is 2. The monoisotopic (exact) mass is 409 g/mol. The van der Waals surface area contributed by atoms with Crippen LogP contribution in [-0.2, 0) is 9.53 Å². The predicted octanol–water partition coefficient (Wildman–Crippen LogP) is 3.99. The number of hydrogen-bond donors (Lipinski definition) is 2. The number of hydrazone groups is 1. The SMILES string of the molecule is C[C@]12CC[C@H]3[C@H](CC[C@H]4C/C(=N/NC(N)=O)CC[C@@]43C)C1=CC=C2C1=CC(=O)OC1. The summed E-state index contributed by atoms with van der Waals surface area (Å²) >= 11 is 0. The van der Waals surface area contributed by atoms with Gasteiger partial charge in [-0.1, -0.05) is 31.6 Å². The maximum absolute atomic E-state index is 11.6. The molecule has 0 bridgehead atoms. The summed E-state index contributed by atoms with van der Waals surface area (Å²) in [7, 11) is 0. The molecule has 0 saturated heterocycles. The van der Waals surface area contributed by atoms with Crippen LogP contribution in [-0.4, -0.2) is 24.3 Å². The summed E-state index contributed by atoms with van der Waals surface area (Å²) in [6.45, 7) is 5.27. The van der Waals surface area contributed by atoms with Crippen molar-refractivity contribution in [3.05, 3.63) is 34.9 Å². The van der Waals surface area contributed by atoms with Crippen molar-refractivity contribution in [3.63, 3.8) is 0 Å². The number of allylic oxidation sites excluding steroid dienone is 3. The standard InChI is InChI=1S/C24H31N3O3/c1-23-9-7-16(26-27-22(25)29)12-15(23)3-4-17-19-6-5-18(14-11-21(28)30-13-14)24(19,2)10-8-20(17)23/h5-6,11,15,17,20H,3-4,7-10,12-13H2,1-2H3,(H3,25,27,29)/b26-16+/t15-,17+,20-,23-,24+/m0/s1. The second kappa shape index (κ2) is 6.82. The van der Waals surface area contributed by atoms with Crippen molar-refractivity contribution < 1.29 is 14.3 Å². The van der Waals surface area contributed by atoms with E-state index in [9.17, 15) is 9.59 Å². The number of nitrogens with one attached hydrogen (secondary N) is 1. The van der Waals surface area contributed by atoms with Crippen LogP contribution >= 0.6 is 0 Å². The average Bonchev–Trinajstić information content (AvgIpc) is 3.28. The minimum Gasteiger partial charge on any atom is -0.458 e. The molecular weight excluding hydrogens is 378 g/mol. The highest BCUT2D eigenvalue weighted by Crippen LogP contribution is 2.65. The number of urea groups is 1. The van der Waals surface area contributed by atoms with Crippen LogP contribution in [0.4, 0.5) is 4.79 Å². The van der Waals surface area contributed by atoms with Crippen LogP contribution in [0, 0.1) is 28.6 Å². The van der Waals surface area contributed by atoms with Gasteiger partial charge in [0.2, 0.25) is 0 Å². The molecule has 6 nitrogen and oxygen atoms in total. The highest BCUT2D eigenvalue weighted by atomic mass is 16.5. The van der Waals surface area contributed by atoms with Crippen LogP contribution in [0.2, 0.25) is 0 Å². The number of hydrogen-bond acceptors (Lipinski definition) is 4. The Morgan fingerprint density at radius 1 is 1.23 bits per heavy atom. The summed E-state index contributed by atoms with van der Waals surface area (Å²) < 4.78 is 5.20. The maximum atomic E-state index is 11.6. The smallest absolute Gasteiger partial charge is 0.332 e. The van der Waals surface area contributed by atoms with E-state index < -0.39 is 6.03 Å². The van der Waals surface area contributed by atoms with Crippen LogP contribution in [0.15, 0.2) is 40.0 Å². The number of cyclic esters (lactones) is 1. The van der Waals surface area contributed by atoms with Gasteiger partial charge in [0.05, 0.1) is 0 Å². The normalized spacial score (nSPS) is 41.1. The van der Waals surface area contributed by atoms with Gasteiger partial charge in [0, 0.05) is 22.8 Å². The molecule has 1 aliphatic heterocycles. The molecule has 5 atom stereocenters. The summed E-state index contributed by atoms with van der Waals surface area (Å²) in [6, 6.07) is -0.591. The van der Waals surface area contributed by atoms with Crippen LogP contribution in [0.3, 0.4) is 0 Å². The van der Waals surface area contributed by atoms with Gasteiger partial charge in [0.25, 0.3) is 0 Å². The number of nitrogens with zero attached hydrogens (tertiary/aromatic N) is 1. The molecule has 6 heteroatoms. The zero-order chi connectivity index (χ0) is 21.1. The lowest BCUT2D eigenvalue weighted by molar-refractivity contribution is -0.134. The molecule has 0 radical (unpaired) electrons. The third kappa shape index (κ3) is 2.87. The molecule has 2 amide bonds. The summed E-state index contributed by atoms with van der Waals surface area (Å²) in [5, 5.41) is 4.26. The number of carbonyl (C=O) groups is 2. The van der Waals surface area contributed by atoms with Crippen molar-refractivity contribution in [2.75, 3.05) is 6.61 Å². The van der Waals surface area contributed by atoms with E-state index in [0.29, 0.717) is 29.8 Å². The minimum atomic E-state index is -0.591. The molecule has 0 aromatic rings. The van der Waals surface area contributed by atoms with E-state index in [1.54, 1.807) is 11.6 Å². The number of primary amides is 1. The van der Waals surface area contributed by atoms with Gasteiger partial charge in [-0.05, 0) is 73.7 Å². The van der Waals surface area contributed by atoms with Crippen molar-refractivity contribution in [1.29, 1.82) is 0 Å². The van der Waals surface area contributed by atoms with Gasteiger partial charge in [0.15, 0.2) is 0 Å². The van der Waals surface area contributed by atoms with Crippen LogP contribution in [0.1, 0.15) is 58.8 Å². The second-order valence-electron chi connectivity index (χ2n) is 10.2. The van der Waals surface area contributed by atoms with E-state index >= 15 is 0 Å². The Morgan fingerprint density at radius 2 is 2.07 bits per heavy atom. The van der Waals surface area contributed by atoms with E-state index in [1.165, 1.54) is 24.8 Å².